The molecular formula is C28H33N7O3. The lowest BCUT2D eigenvalue weighted by atomic mass is 10.0. The Hall–Kier alpha value is -4.05. The van der Waals surface area contributed by atoms with Gasteiger partial charge in [-0.3, -0.25) is 9.78 Å². The van der Waals surface area contributed by atoms with Crippen LogP contribution in [0.5, 0.6) is 0 Å². The number of nitrogens with zero attached hydrogens (tertiary/aromatic N) is 5. The molecule has 2 aliphatic rings. The second kappa shape index (κ2) is 11.6. The standard InChI is InChI=1S/C28H33N7O3/c1-3-30-28(37)31-22-8-6-21(7-9-22)26-32-24-17-34(25(36)15-20-5-4-11-29-16-20)12-10-23(24)27(33-26)35-13-14-38-18-19(35)2/h4-9,11,16,19H,3,10,12-15,17-18H2,1-2H3,(H2,30,31,37)/t19-/m0/s1. The molecule has 2 N–H and O–H groups in total. The number of benzene rings is 1. The fourth-order valence-electron chi connectivity index (χ4n) is 4.86. The molecule has 0 saturated carbocycles. The fraction of sp³-hybridized carbons (Fsp3) is 0.393. The van der Waals surface area contributed by atoms with Gasteiger partial charge in [-0.25, -0.2) is 14.8 Å². The highest BCUT2D eigenvalue weighted by Crippen LogP contribution is 2.32. The quantitative estimate of drug-likeness (QED) is 0.519. The number of carbonyl (C=O) groups is 2. The molecule has 2 aliphatic heterocycles. The van der Waals surface area contributed by atoms with Gasteiger partial charge >= 0.3 is 6.03 Å². The Labute approximate surface area is 222 Å². The van der Waals surface area contributed by atoms with Gasteiger partial charge < -0.3 is 25.2 Å². The predicted octanol–water partition coefficient (Wildman–Crippen LogP) is 3.03. The van der Waals surface area contributed by atoms with Crippen molar-refractivity contribution in [3.63, 3.8) is 0 Å². The molecule has 0 radical (unpaired) electrons. The molecule has 2 aromatic heterocycles. The van der Waals surface area contributed by atoms with Crippen LogP contribution >= 0.6 is 0 Å². The minimum absolute atomic E-state index is 0.0610. The topological polar surface area (TPSA) is 113 Å². The van der Waals surface area contributed by atoms with Gasteiger partial charge in [0.05, 0.1) is 37.9 Å². The lowest BCUT2D eigenvalue weighted by Gasteiger charge is -2.38. The van der Waals surface area contributed by atoms with E-state index in [9.17, 15) is 9.59 Å². The van der Waals surface area contributed by atoms with E-state index in [1.54, 1.807) is 12.4 Å². The highest BCUT2D eigenvalue weighted by Gasteiger charge is 2.30. The highest BCUT2D eigenvalue weighted by atomic mass is 16.5. The van der Waals surface area contributed by atoms with Crippen molar-refractivity contribution in [2.75, 3.05) is 43.1 Å². The van der Waals surface area contributed by atoms with Crippen molar-refractivity contribution in [2.24, 2.45) is 0 Å². The average molecular weight is 516 g/mol. The van der Waals surface area contributed by atoms with Crippen LogP contribution in [0.25, 0.3) is 11.4 Å². The Kier molecular flexibility index (Phi) is 7.78. The lowest BCUT2D eigenvalue weighted by molar-refractivity contribution is -0.131. The van der Waals surface area contributed by atoms with E-state index < -0.39 is 0 Å². The number of anilines is 2. The van der Waals surface area contributed by atoms with Crippen LogP contribution in [0.15, 0.2) is 48.8 Å². The minimum Gasteiger partial charge on any atom is -0.377 e. The first kappa shape index (κ1) is 25.6. The van der Waals surface area contributed by atoms with Crippen LogP contribution in [-0.2, 0) is 28.9 Å². The molecule has 5 rings (SSSR count). The summed E-state index contributed by atoms with van der Waals surface area (Å²) in [7, 11) is 0. The van der Waals surface area contributed by atoms with Crippen molar-refractivity contribution in [1.29, 1.82) is 0 Å². The van der Waals surface area contributed by atoms with E-state index in [-0.39, 0.29) is 18.0 Å². The van der Waals surface area contributed by atoms with Gasteiger partial charge in [0.2, 0.25) is 5.91 Å². The number of amides is 3. The molecule has 1 aromatic carbocycles. The molecular weight excluding hydrogens is 482 g/mol. The number of nitrogens with one attached hydrogen (secondary N) is 2. The molecule has 38 heavy (non-hydrogen) atoms. The molecule has 10 nitrogen and oxygen atoms in total. The van der Waals surface area contributed by atoms with Gasteiger partial charge in [-0.05, 0) is 56.2 Å². The molecule has 1 atom stereocenters. The molecule has 3 aromatic rings. The van der Waals surface area contributed by atoms with Gasteiger partial charge in [0.25, 0.3) is 0 Å². The van der Waals surface area contributed by atoms with E-state index in [1.807, 2.05) is 48.2 Å². The zero-order valence-corrected chi connectivity index (χ0v) is 21.8. The maximum atomic E-state index is 13.1. The molecule has 1 fully saturated rings. The maximum Gasteiger partial charge on any atom is 0.319 e. The van der Waals surface area contributed by atoms with Gasteiger partial charge in [-0.15, -0.1) is 0 Å². The minimum atomic E-state index is -0.245. The number of pyridine rings is 1. The SMILES string of the molecule is CCNC(=O)Nc1ccc(-c2nc3c(c(N4CCOC[C@@H]4C)n2)CCN(C(=O)Cc2cccnc2)C3)cc1. The summed E-state index contributed by atoms with van der Waals surface area (Å²) in [6.45, 7) is 7.67. The third-order valence-electron chi connectivity index (χ3n) is 6.85. The number of rotatable bonds is 6. The van der Waals surface area contributed by atoms with E-state index in [1.165, 1.54) is 0 Å². The van der Waals surface area contributed by atoms with Crippen LogP contribution in [0.4, 0.5) is 16.3 Å². The number of aromatic nitrogens is 3. The number of morpholine rings is 1. The first-order valence-electron chi connectivity index (χ1n) is 13.1. The number of urea groups is 1. The van der Waals surface area contributed by atoms with Crippen molar-refractivity contribution < 1.29 is 14.3 Å². The second-order valence-electron chi connectivity index (χ2n) is 9.58. The molecule has 10 heteroatoms. The average Bonchev–Trinajstić information content (AvgIpc) is 2.93. The van der Waals surface area contributed by atoms with Crippen LogP contribution in [-0.4, -0.2) is 70.7 Å². The molecule has 0 bridgehead atoms. The van der Waals surface area contributed by atoms with Crippen LogP contribution in [0.2, 0.25) is 0 Å². The molecule has 3 amide bonds. The lowest BCUT2D eigenvalue weighted by Crippen LogP contribution is -2.46. The van der Waals surface area contributed by atoms with Crippen molar-refractivity contribution in [3.05, 3.63) is 65.6 Å². The summed E-state index contributed by atoms with van der Waals surface area (Å²) in [5, 5.41) is 5.54. The van der Waals surface area contributed by atoms with Crippen LogP contribution < -0.4 is 15.5 Å². The summed E-state index contributed by atoms with van der Waals surface area (Å²) in [5.74, 6) is 1.58. The fourth-order valence-corrected chi connectivity index (χ4v) is 4.86. The third-order valence-corrected chi connectivity index (χ3v) is 6.85. The Bertz CT molecular complexity index is 1280. The van der Waals surface area contributed by atoms with Crippen molar-refractivity contribution in [1.82, 2.24) is 25.2 Å². The van der Waals surface area contributed by atoms with E-state index in [2.05, 4.69) is 27.4 Å². The normalized spacial score (nSPS) is 17.1. The maximum absolute atomic E-state index is 13.1. The van der Waals surface area contributed by atoms with Gasteiger partial charge in [-0.2, -0.15) is 0 Å². The van der Waals surface area contributed by atoms with Crippen LogP contribution in [0.1, 0.15) is 30.7 Å². The number of ether oxygens (including phenoxy) is 1. The van der Waals surface area contributed by atoms with Crippen molar-refractivity contribution >= 4 is 23.4 Å². The van der Waals surface area contributed by atoms with Gasteiger partial charge in [0.15, 0.2) is 5.82 Å². The Morgan fingerprint density at radius 1 is 1.13 bits per heavy atom. The largest absolute Gasteiger partial charge is 0.377 e. The molecule has 198 valence electrons. The Morgan fingerprint density at radius 2 is 1.97 bits per heavy atom. The molecule has 0 unspecified atom stereocenters. The third kappa shape index (κ3) is 5.75. The van der Waals surface area contributed by atoms with Gasteiger partial charge in [-0.1, -0.05) is 6.07 Å². The summed E-state index contributed by atoms with van der Waals surface area (Å²) in [6, 6.07) is 11.2. The molecule has 4 heterocycles. The first-order chi connectivity index (χ1) is 18.5. The van der Waals surface area contributed by atoms with E-state index in [4.69, 9.17) is 14.7 Å². The highest BCUT2D eigenvalue weighted by molar-refractivity contribution is 5.89. The number of hydrogen-bond donors (Lipinski definition) is 2. The smallest absolute Gasteiger partial charge is 0.319 e. The van der Waals surface area contributed by atoms with E-state index >= 15 is 0 Å². The number of hydrogen-bond acceptors (Lipinski definition) is 7. The molecule has 0 aliphatic carbocycles. The first-order valence-corrected chi connectivity index (χ1v) is 13.1. The van der Waals surface area contributed by atoms with Gasteiger partial charge in [0.1, 0.15) is 5.82 Å². The van der Waals surface area contributed by atoms with Crippen molar-refractivity contribution in [3.8, 4) is 11.4 Å². The zero-order chi connectivity index (χ0) is 26.5. The summed E-state index contributed by atoms with van der Waals surface area (Å²) >= 11 is 0. The monoisotopic (exact) mass is 515 g/mol. The number of carbonyl (C=O) groups excluding carboxylic acids is 2. The predicted molar refractivity (Wildman–Crippen MR) is 145 cm³/mol. The number of fused-ring (bicyclic) bond motifs is 1. The van der Waals surface area contributed by atoms with Gasteiger partial charge in [0, 0.05) is 48.8 Å². The van der Waals surface area contributed by atoms with E-state index in [0.717, 1.165) is 34.7 Å². The summed E-state index contributed by atoms with van der Waals surface area (Å²) in [6.07, 6.45) is 4.45. The Balaban J connectivity index is 1.44. The van der Waals surface area contributed by atoms with Crippen LogP contribution in [0.3, 0.4) is 0 Å². The van der Waals surface area contributed by atoms with Crippen molar-refractivity contribution in [2.45, 2.75) is 39.3 Å². The Morgan fingerprint density at radius 3 is 2.71 bits per heavy atom. The van der Waals surface area contributed by atoms with Crippen LogP contribution in [0, 0.1) is 0 Å². The van der Waals surface area contributed by atoms with E-state index in [0.29, 0.717) is 57.2 Å². The second-order valence-corrected chi connectivity index (χ2v) is 9.58. The zero-order valence-electron chi connectivity index (χ0n) is 21.8. The summed E-state index contributed by atoms with van der Waals surface area (Å²) in [5.41, 5.74) is 4.40. The summed E-state index contributed by atoms with van der Waals surface area (Å²) < 4.78 is 5.68. The summed E-state index contributed by atoms with van der Waals surface area (Å²) in [4.78, 5) is 43.3. The molecule has 1 saturated heterocycles. The molecule has 0 spiro atoms.